The Kier molecular flexibility index (Phi) is 5.66. The molecule has 0 radical (unpaired) electrons. The van der Waals surface area contributed by atoms with Gasteiger partial charge in [-0.05, 0) is 35.4 Å². The summed E-state index contributed by atoms with van der Waals surface area (Å²) in [5.41, 5.74) is -2.40. The van der Waals surface area contributed by atoms with Crippen molar-refractivity contribution in [2.45, 2.75) is 12.4 Å². The number of alkyl halides is 6. The average molecular weight is 412 g/mol. The molecule has 0 amide bonds. The van der Waals surface area contributed by atoms with Crippen molar-refractivity contribution in [1.82, 2.24) is 0 Å². The van der Waals surface area contributed by atoms with E-state index in [1.165, 1.54) is 36.4 Å². The summed E-state index contributed by atoms with van der Waals surface area (Å²) in [5.74, 6) is -0.648. The summed E-state index contributed by atoms with van der Waals surface area (Å²) in [6, 6.07) is 9.43. The van der Waals surface area contributed by atoms with Crippen LogP contribution in [0.25, 0.3) is 12.2 Å². The topological polar surface area (TPSA) is 26.3 Å². The fraction of sp³-hybridized carbons (Fsp3) is 0.190. The molecule has 0 aliphatic carbocycles. The van der Waals surface area contributed by atoms with Gasteiger partial charge in [0.15, 0.2) is 5.78 Å². The van der Waals surface area contributed by atoms with E-state index in [0.717, 1.165) is 24.3 Å². The summed E-state index contributed by atoms with van der Waals surface area (Å²) in [5, 5.41) is 0. The Morgan fingerprint density at radius 2 is 1.07 bits per heavy atom. The number of Topliss-reactive ketones (excluding diaryl/α,β-unsaturated/α-hetero) is 1. The second-order valence-corrected chi connectivity index (χ2v) is 6.33. The van der Waals surface area contributed by atoms with Gasteiger partial charge in [0.25, 0.3) is 0 Å². The number of hydrogen-bond donors (Lipinski definition) is 0. The SMILES string of the molecule is O=C1/C(=C\c2ccccc2C(F)(F)F)COC/C1=C\c1ccccc1C(F)(F)F. The second kappa shape index (κ2) is 7.87. The summed E-state index contributed by atoms with van der Waals surface area (Å²) in [7, 11) is 0. The van der Waals surface area contributed by atoms with Gasteiger partial charge in [0.2, 0.25) is 0 Å². The summed E-state index contributed by atoms with van der Waals surface area (Å²) in [6.07, 6.45) is -7.10. The Balaban J connectivity index is 2.00. The van der Waals surface area contributed by atoms with Crippen molar-refractivity contribution in [3.05, 3.63) is 81.9 Å². The van der Waals surface area contributed by atoms with Crippen molar-refractivity contribution in [1.29, 1.82) is 0 Å². The highest BCUT2D eigenvalue weighted by Crippen LogP contribution is 2.35. The van der Waals surface area contributed by atoms with Crippen molar-refractivity contribution in [2.24, 2.45) is 0 Å². The Morgan fingerprint density at radius 3 is 1.45 bits per heavy atom. The lowest BCUT2D eigenvalue weighted by Gasteiger charge is -2.19. The molecule has 2 nitrogen and oxygen atoms in total. The highest BCUT2D eigenvalue weighted by Gasteiger charge is 2.34. The molecule has 0 saturated carbocycles. The minimum Gasteiger partial charge on any atom is -0.372 e. The minimum absolute atomic E-state index is 0.0660. The van der Waals surface area contributed by atoms with Crippen LogP contribution in [0.4, 0.5) is 26.3 Å². The molecule has 1 aliphatic heterocycles. The molecular weight excluding hydrogens is 398 g/mol. The van der Waals surface area contributed by atoms with E-state index < -0.39 is 29.3 Å². The molecule has 29 heavy (non-hydrogen) atoms. The number of benzene rings is 2. The van der Waals surface area contributed by atoms with Gasteiger partial charge in [-0.2, -0.15) is 26.3 Å². The van der Waals surface area contributed by atoms with Crippen LogP contribution in [-0.2, 0) is 21.9 Å². The summed E-state index contributed by atoms with van der Waals surface area (Å²) >= 11 is 0. The number of hydrogen-bond acceptors (Lipinski definition) is 2. The third kappa shape index (κ3) is 4.76. The average Bonchev–Trinajstić information content (AvgIpc) is 2.64. The van der Waals surface area contributed by atoms with Gasteiger partial charge in [-0.25, -0.2) is 0 Å². The number of rotatable bonds is 2. The fourth-order valence-corrected chi connectivity index (χ4v) is 2.96. The van der Waals surface area contributed by atoms with Crippen LogP contribution in [0.15, 0.2) is 59.7 Å². The van der Waals surface area contributed by atoms with Gasteiger partial charge in [0, 0.05) is 11.1 Å². The molecule has 0 atom stereocenters. The third-order valence-corrected chi connectivity index (χ3v) is 4.29. The molecular formula is C21H14F6O2. The Morgan fingerprint density at radius 1 is 0.690 bits per heavy atom. The van der Waals surface area contributed by atoms with Crippen molar-refractivity contribution in [2.75, 3.05) is 13.2 Å². The number of ketones is 1. The van der Waals surface area contributed by atoms with Crippen LogP contribution in [0, 0.1) is 0 Å². The maximum Gasteiger partial charge on any atom is 0.416 e. The predicted octanol–water partition coefficient (Wildman–Crippen LogP) is 5.79. The van der Waals surface area contributed by atoms with Gasteiger partial charge >= 0.3 is 12.4 Å². The summed E-state index contributed by atoms with van der Waals surface area (Å²) in [6.45, 7) is -0.466. The van der Waals surface area contributed by atoms with Gasteiger partial charge in [0.1, 0.15) is 0 Å². The standard InChI is InChI=1S/C21H14F6O2/c22-20(23,24)17-7-3-1-5-13(17)9-15-11-29-12-16(19(15)28)10-14-6-2-4-8-18(14)21(25,26)27/h1-10H,11-12H2/b15-9-,16-10+. The molecule has 152 valence electrons. The molecule has 3 rings (SSSR count). The molecule has 8 heteroatoms. The maximum absolute atomic E-state index is 13.2. The molecule has 1 heterocycles. The Bertz CT molecular complexity index is 906. The highest BCUT2D eigenvalue weighted by molar-refractivity contribution is 6.14. The first-order valence-corrected chi connectivity index (χ1v) is 8.43. The largest absolute Gasteiger partial charge is 0.416 e. The van der Waals surface area contributed by atoms with Gasteiger partial charge in [0.05, 0.1) is 24.3 Å². The Hall–Kier alpha value is -2.87. The first-order valence-electron chi connectivity index (χ1n) is 8.43. The molecule has 0 aromatic heterocycles. The van der Waals surface area contributed by atoms with Gasteiger partial charge in [-0.3, -0.25) is 4.79 Å². The lowest BCUT2D eigenvalue weighted by Crippen LogP contribution is -2.22. The first-order chi connectivity index (χ1) is 13.6. The zero-order valence-corrected chi connectivity index (χ0v) is 14.8. The van der Waals surface area contributed by atoms with Crippen LogP contribution in [0.5, 0.6) is 0 Å². The summed E-state index contributed by atoms with van der Waals surface area (Å²) in [4.78, 5) is 12.7. The molecule has 0 spiro atoms. The molecule has 1 aliphatic rings. The van der Waals surface area contributed by atoms with Crippen LogP contribution >= 0.6 is 0 Å². The minimum atomic E-state index is -4.61. The van der Waals surface area contributed by atoms with E-state index in [-0.39, 0.29) is 35.5 Å². The van der Waals surface area contributed by atoms with E-state index in [0.29, 0.717) is 0 Å². The quantitative estimate of drug-likeness (QED) is 0.461. The molecule has 0 N–H and O–H groups in total. The van der Waals surface area contributed by atoms with E-state index >= 15 is 0 Å². The number of halogens is 6. The highest BCUT2D eigenvalue weighted by atomic mass is 19.4. The van der Waals surface area contributed by atoms with Crippen LogP contribution in [0.3, 0.4) is 0 Å². The van der Waals surface area contributed by atoms with Gasteiger partial charge < -0.3 is 4.74 Å². The predicted molar refractivity (Wildman–Crippen MR) is 94.7 cm³/mol. The van der Waals surface area contributed by atoms with Crippen LogP contribution < -0.4 is 0 Å². The normalized spacial score (nSPS) is 18.5. The Labute approximate surface area is 162 Å². The molecule has 0 bridgehead atoms. The third-order valence-electron chi connectivity index (χ3n) is 4.29. The van der Waals surface area contributed by atoms with E-state index in [9.17, 15) is 31.1 Å². The van der Waals surface area contributed by atoms with Gasteiger partial charge in [-0.15, -0.1) is 0 Å². The number of carbonyl (C=O) groups is 1. The number of ether oxygens (including phenoxy) is 1. The molecule has 1 fully saturated rings. The smallest absolute Gasteiger partial charge is 0.372 e. The summed E-state index contributed by atoms with van der Waals surface area (Å²) < 4.78 is 84.2. The molecule has 2 aromatic rings. The zero-order chi connectivity index (χ0) is 21.2. The second-order valence-electron chi connectivity index (χ2n) is 6.33. The van der Waals surface area contributed by atoms with Crippen molar-refractivity contribution in [3.63, 3.8) is 0 Å². The lowest BCUT2D eigenvalue weighted by molar-refractivity contribution is -0.138. The monoisotopic (exact) mass is 412 g/mol. The van der Waals surface area contributed by atoms with Crippen molar-refractivity contribution >= 4 is 17.9 Å². The van der Waals surface area contributed by atoms with Crippen molar-refractivity contribution in [3.8, 4) is 0 Å². The van der Waals surface area contributed by atoms with E-state index in [4.69, 9.17) is 4.74 Å². The lowest BCUT2D eigenvalue weighted by atomic mass is 9.95. The van der Waals surface area contributed by atoms with Crippen LogP contribution in [0.1, 0.15) is 22.3 Å². The van der Waals surface area contributed by atoms with Gasteiger partial charge in [-0.1, -0.05) is 36.4 Å². The zero-order valence-electron chi connectivity index (χ0n) is 14.8. The van der Waals surface area contributed by atoms with Crippen LogP contribution in [-0.4, -0.2) is 19.0 Å². The maximum atomic E-state index is 13.2. The van der Waals surface area contributed by atoms with Crippen LogP contribution in [0.2, 0.25) is 0 Å². The fourth-order valence-electron chi connectivity index (χ4n) is 2.96. The molecule has 2 aromatic carbocycles. The molecule has 0 unspecified atom stereocenters. The van der Waals surface area contributed by atoms with E-state index in [1.807, 2.05) is 0 Å². The van der Waals surface area contributed by atoms with E-state index in [2.05, 4.69) is 0 Å². The van der Waals surface area contributed by atoms with Crippen molar-refractivity contribution < 1.29 is 35.9 Å². The van der Waals surface area contributed by atoms with E-state index in [1.54, 1.807) is 0 Å². The first kappa shape index (κ1) is 20.9. The molecule has 1 saturated heterocycles. The number of carbonyl (C=O) groups excluding carboxylic acids is 1.